The molecule has 1 aliphatic rings. The van der Waals surface area contributed by atoms with Crippen molar-refractivity contribution in [2.24, 2.45) is 0 Å². The Labute approximate surface area is 159 Å². The molecule has 0 amide bonds. The Balaban J connectivity index is 1.94. The van der Waals surface area contributed by atoms with Gasteiger partial charge in [0.1, 0.15) is 5.02 Å². The first-order valence-corrected chi connectivity index (χ1v) is 9.28. The molecular formula is C18H20ClF3N4O. The highest BCUT2D eigenvalue weighted by Crippen LogP contribution is 2.31. The van der Waals surface area contributed by atoms with Crippen LogP contribution in [0.25, 0.3) is 5.82 Å². The van der Waals surface area contributed by atoms with Crippen molar-refractivity contribution in [2.45, 2.75) is 51.2 Å². The molecule has 0 spiro atoms. The number of anilines is 1. The van der Waals surface area contributed by atoms with Crippen molar-refractivity contribution in [3.8, 4) is 5.82 Å². The largest absolute Gasteiger partial charge is 0.417 e. The third-order valence-corrected chi connectivity index (χ3v) is 5.21. The van der Waals surface area contributed by atoms with E-state index >= 15 is 0 Å². The van der Waals surface area contributed by atoms with Gasteiger partial charge in [0.2, 0.25) is 0 Å². The zero-order chi connectivity index (χ0) is 19.6. The summed E-state index contributed by atoms with van der Waals surface area (Å²) in [5.74, 6) is -0.0119. The Bertz CT molecular complexity index is 845. The third-order valence-electron chi connectivity index (χ3n) is 4.86. The first kappa shape index (κ1) is 19.7. The molecule has 2 heterocycles. The first-order chi connectivity index (χ1) is 12.8. The highest BCUT2D eigenvalue weighted by molar-refractivity contribution is 6.33. The fourth-order valence-corrected chi connectivity index (χ4v) is 3.72. The Morgan fingerprint density at radius 1 is 1.22 bits per heavy atom. The molecule has 5 nitrogen and oxygen atoms in total. The number of aromatic nitrogens is 3. The molecule has 0 bridgehead atoms. The average Bonchev–Trinajstić information content (AvgIpc) is 2.66. The van der Waals surface area contributed by atoms with E-state index in [4.69, 9.17) is 11.6 Å². The molecule has 0 saturated heterocycles. The summed E-state index contributed by atoms with van der Waals surface area (Å²) in [5, 5.41) is 4.10. The molecule has 2 aromatic heterocycles. The second kappa shape index (κ2) is 7.88. The van der Waals surface area contributed by atoms with Gasteiger partial charge >= 0.3 is 6.18 Å². The predicted molar refractivity (Wildman–Crippen MR) is 97.5 cm³/mol. The minimum Gasteiger partial charge on any atom is -0.366 e. The lowest BCUT2D eigenvalue weighted by Gasteiger charge is -2.35. The van der Waals surface area contributed by atoms with Gasteiger partial charge in [-0.3, -0.25) is 4.79 Å². The molecule has 1 saturated carbocycles. The van der Waals surface area contributed by atoms with Crippen LogP contribution in [0.5, 0.6) is 0 Å². The standard InChI is InChI=1S/C18H20ClF3N4O/c1-2-25(13-6-4-3-5-7-13)14-11-24-26(17(27)16(14)19)15-9-8-12(10-23-15)18(20,21)22/h8-11,13H,2-7H2,1H3. The van der Waals surface area contributed by atoms with Gasteiger partial charge in [0, 0.05) is 18.8 Å². The van der Waals surface area contributed by atoms with Crippen LogP contribution in [0, 0.1) is 0 Å². The van der Waals surface area contributed by atoms with Gasteiger partial charge in [-0.05, 0) is 31.9 Å². The highest BCUT2D eigenvalue weighted by atomic mass is 35.5. The van der Waals surface area contributed by atoms with Gasteiger partial charge in [0.25, 0.3) is 5.56 Å². The van der Waals surface area contributed by atoms with Crippen molar-refractivity contribution in [3.05, 3.63) is 45.5 Å². The Hall–Kier alpha value is -2.09. The summed E-state index contributed by atoms with van der Waals surface area (Å²) in [7, 11) is 0. The lowest BCUT2D eigenvalue weighted by Crippen LogP contribution is -2.38. The van der Waals surface area contributed by atoms with Gasteiger partial charge < -0.3 is 4.90 Å². The van der Waals surface area contributed by atoms with Crippen LogP contribution in [0.2, 0.25) is 5.02 Å². The zero-order valence-corrected chi connectivity index (χ0v) is 15.6. The molecule has 3 rings (SSSR count). The van der Waals surface area contributed by atoms with Crippen LogP contribution < -0.4 is 10.5 Å². The molecule has 1 fully saturated rings. The molecule has 0 N–H and O–H groups in total. The van der Waals surface area contributed by atoms with Gasteiger partial charge in [-0.15, -0.1) is 0 Å². The minimum absolute atomic E-state index is 0.000814. The van der Waals surface area contributed by atoms with E-state index < -0.39 is 17.3 Å². The van der Waals surface area contributed by atoms with E-state index in [1.165, 1.54) is 12.6 Å². The minimum atomic E-state index is -4.49. The zero-order valence-electron chi connectivity index (χ0n) is 14.8. The second-order valence-corrected chi connectivity index (χ2v) is 6.92. The Morgan fingerprint density at radius 3 is 2.48 bits per heavy atom. The number of pyridine rings is 1. The molecule has 1 aliphatic carbocycles. The van der Waals surface area contributed by atoms with Crippen LogP contribution in [-0.2, 0) is 6.18 Å². The molecular weight excluding hydrogens is 381 g/mol. The van der Waals surface area contributed by atoms with Gasteiger partial charge in [0.05, 0.1) is 17.4 Å². The number of hydrogen-bond donors (Lipinski definition) is 0. The summed E-state index contributed by atoms with van der Waals surface area (Å²) in [6.45, 7) is 2.68. The first-order valence-electron chi connectivity index (χ1n) is 8.91. The van der Waals surface area contributed by atoms with E-state index in [1.54, 1.807) is 0 Å². The summed E-state index contributed by atoms with van der Waals surface area (Å²) in [6, 6.07) is 2.27. The van der Waals surface area contributed by atoms with Crippen molar-refractivity contribution in [2.75, 3.05) is 11.4 Å². The molecule has 9 heteroatoms. The van der Waals surface area contributed by atoms with Crippen LogP contribution >= 0.6 is 11.6 Å². The van der Waals surface area contributed by atoms with Crippen LogP contribution in [-0.4, -0.2) is 27.4 Å². The number of alkyl halides is 3. The number of halogens is 4. The monoisotopic (exact) mass is 400 g/mol. The molecule has 0 aromatic carbocycles. The van der Waals surface area contributed by atoms with Crippen molar-refractivity contribution < 1.29 is 13.2 Å². The van der Waals surface area contributed by atoms with Crippen LogP contribution in [0.4, 0.5) is 18.9 Å². The smallest absolute Gasteiger partial charge is 0.366 e. The SMILES string of the molecule is CCN(c1cnn(-c2ccc(C(F)(F)F)cn2)c(=O)c1Cl)C1CCCCC1. The van der Waals surface area contributed by atoms with Gasteiger partial charge in [-0.1, -0.05) is 30.9 Å². The van der Waals surface area contributed by atoms with E-state index in [-0.39, 0.29) is 10.8 Å². The quantitative estimate of drug-likeness (QED) is 0.760. The average molecular weight is 401 g/mol. The van der Waals surface area contributed by atoms with Crippen molar-refractivity contribution in [3.63, 3.8) is 0 Å². The molecule has 0 unspecified atom stereocenters. The normalized spacial score (nSPS) is 15.7. The molecule has 0 aliphatic heterocycles. The topological polar surface area (TPSA) is 51.0 Å². The summed E-state index contributed by atoms with van der Waals surface area (Å²) >= 11 is 6.32. The maximum Gasteiger partial charge on any atom is 0.417 e. The van der Waals surface area contributed by atoms with Gasteiger partial charge in [-0.2, -0.15) is 23.0 Å². The molecule has 2 aromatic rings. The fourth-order valence-electron chi connectivity index (χ4n) is 3.48. The fraction of sp³-hybridized carbons (Fsp3) is 0.500. The lowest BCUT2D eigenvalue weighted by atomic mass is 9.94. The van der Waals surface area contributed by atoms with E-state index in [2.05, 4.69) is 15.0 Å². The van der Waals surface area contributed by atoms with Crippen molar-refractivity contribution in [1.82, 2.24) is 14.8 Å². The van der Waals surface area contributed by atoms with E-state index in [0.29, 0.717) is 24.5 Å². The van der Waals surface area contributed by atoms with E-state index in [0.717, 1.165) is 42.5 Å². The molecule has 27 heavy (non-hydrogen) atoms. The van der Waals surface area contributed by atoms with Gasteiger partial charge in [-0.25, -0.2) is 4.98 Å². The van der Waals surface area contributed by atoms with Crippen LogP contribution in [0.1, 0.15) is 44.6 Å². The maximum absolute atomic E-state index is 12.7. The third kappa shape index (κ3) is 4.10. The summed E-state index contributed by atoms with van der Waals surface area (Å²) in [5.41, 5.74) is -0.939. The van der Waals surface area contributed by atoms with Crippen molar-refractivity contribution in [1.29, 1.82) is 0 Å². The van der Waals surface area contributed by atoms with Crippen LogP contribution in [0.15, 0.2) is 29.3 Å². The summed E-state index contributed by atoms with van der Waals surface area (Å²) < 4.78 is 38.9. The Morgan fingerprint density at radius 2 is 1.93 bits per heavy atom. The van der Waals surface area contributed by atoms with Gasteiger partial charge in [0.15, 0.2) is 5.82 Å². The summed E-state index contributed by atoms with van der Waals surface area (Å²) in [4.78, 5) is 18.4. The lowest BCUT2D eigenvalue weighted by molar-refractivity contribution is -0.137. The second-order valence-electron chi connectivity index (χ2n) is 6.54. The molecule has 0 radical (unpaired) electrons. The predicted octanol–water partition coefficient (Wildman–Crippen LogP) is 4.46. The van der Waals surface area contributed by atoms with Crippen molar-refractivity contribution >= 4 is 17.3 Å². The Kier molecular flexibility index (Phi) is 5.74. The highest BCUT2D eigenvalue weighted by Gasteiger charge is 2.31. The molecule has 146 valence electrons. The van der Waals surface area contributed by atoms with E-state index in [9.17, 15) is 18.0 Å². The number of rotatable bonds is 4. The number of nitrogens with zero attached hydrogens (tertiary/aromatic N) is 4. The molecule has 0 atom stereocenters. The van der Waals surface area contributed by atoms with E-state index in [1.807, 2.05) is 6.92 Å². The van der Waals surface area contributed by atoms with Crippen LogP contribution in [0.3, 0.4) is 0 Å². The summed E-state index contributed by atoms with van der Waals surface area (Å²) in [6.07, 6.45) is 3.22. The number of hydrogen-bond acceptors (Lipinski definition) is 4. The maximum atomic E-state index is 12.7.